The molecule has 0 aromatic rings. The Morgan fingerprint density at radius 3 is 1.50 bits per heavy atom. The van der Waals surface area contributed by atoms with E-state index in [-0.39, 0.29) is 0 Å². The van der Waals surface area contributed by atoms with E-state index in [9.17, 15) is 24.9 Å². The summed E-state index contributed by atoms with van der Waals surface area (Å²) in [6.07, 6.45) is -5.40. The van der Waals surface area contributed by atoms with E-state index in [1.807, 2.05) is 0 Å². The van der Waals surface area contributed by atoms with Crippen molar-refractivity contribution in [3.05, 3.63) is 0 Å². The number of rotatable bonds is 2. The van der Waals surface area contributed by atoms with E-state index < -0.39 is 37.6 Å². The molecule has 58 valence electrons. The molecule has 1 unspecified atom stereocenters. The van der Waals surface area contributed by atoms with Crippen molar-refractivity contribution in [3.8, 4) is 0 Å². The standard InChI is InChI=1S/C3H2F5.FH.Mg/c4-1-2(5)3(6,7)8;;/h1H2;1H;/q;;+1/p-1. The Hall–Kier alpha value is 0.346. The van der Waals surface area contributed by atoms with Gasteiger partial charge in [-0.15, -0.1) is 0 Å². The van der Waals surface area contributed by atoms with Crippen molar-refractivity contribution in [2.75, 3.05) is 6.67 Å². The highest BCUT2D eigenvalue weighted by molar-refractivity contribution is 6.31. The molecule has 0 radical (unpaired) electrons. The molecule has 0 fully saturated rings. The second-order valence-corrected chi connectivity index (χ2v) is 3.12. The molecule has 0 aliphatic heterocycles. The number of hydrogen-bond acceptors (Lipinski definition) is 0. The van der Waals surface area contributed by atoms with Gasteiger partial charge in [-0.25, -0.2) is 4.39 Å². The molecule has 0 rings (SSSR count). The van der Waals surface area contributed by atoms with Crippen LogP contribution in [0.15, 0.2) is 0 Å². The summed E-state index contributed by atoms with van der Waals surface area (Å²) in [5, 5.41) is 0. The van der Waals surface area contributed by atoms with Crippen LogP contribution in [0, 0.1) is 0 Å². The first kappa shape index (κ1) is 10.3. The topological polar surface area (TPSA) is 0 Å². The normalized spacial score (nSPS) is 17.8. The zero-order valence-electron chi connectivity index (χ0n) is 4.68. The van der Waals surface area contributed by atoms with Crippen LogP contribution >= 0.6 is 0 Å². The Labute approximate surface area is 63.0 Å². The average molecular weight is 176 g/mol. The lowest BCUT2D eigenvalue weighted by atomic mass is 10.4. The van der Waals surface area contributed by atoms with Crippen molar-refractivity contribution in [2.24, 2.45) is 0 Å². The molecule has 0 bridgehead atoms. The van der Waals surface area contributed by atoms with Gasteiger partial charge in [0.15, 0.2) is 3.80 Å². The van der Waals surface area contributed by atoms with Gasteiger partial charge in [0, 0.05) is 0 Å². The lowest BCUT2D eigenvalue weighted by molar-refractivity contribution is -0.205. The Kier molecular flexibility index (Phi) is 3.27. The summed E-state index contributed by atoms with van der Waals surface area (Å²) in [7, 11) is 0. The highest BCUT2D eigenvalue weighted by Gasteiger charge is 2.58. The van der Waals surface area contributed by atoms with E-state index in [1.54, 1.807) is 0 Å². The Morgan fingerprint density at radius 2 is 1.50 bits per heavy atom. The van der Waals surface area contributed by atoms with Gasteiger partial charge in [0.2, 0.25) is 0 Å². The van der Waals surface area contributed by atoms with E-state index in [2.05, 4.69) is 0 Å². The molecular weight excluding hydrogens is 174 g/mol. The first-order valence-corrected chi connectivity index (χ1v) is 3.49. The van der Waals surface area contributed by atoms with Crippen LogP contribution in [-0.4, -0.2) is 37.6 Å². The molecule has 10 heavy (non-hydrogen) atoms. The van der Waals surface area contributed by atoms with Crippen LogP contribution in [0.1, 0.15) is 0 Å². The number of halogens is 6. The van der Waals surface area contributed by atoms with Crippen molar-refractivity contribution in [1.82, 2.24) is 0 Å². The third kappa shape index (κ3) is 1.91. The molecule has 0 aliphatic carbocycles. The molecule has 1 atom stereocenters. The molecule has 0 saturated carbocycles. The highest BCUT2D eigenvalue weighted by Crippen LogP contribution is 2.33. The minimum absolute atomic E-state index is 2.32. The van der Waals surface area contributed by atoms with Gasteiger partial charge in [-0.1, -0.05) is 0 Å². The van der Waals surface area contributed by atoms with Crippen LogP contribution < -0.4 is 0 Å². The van der Waals surface area contributed by atoms with Crippen LogP contribution in [0.3, 0.4) is 0 Å². The molecule has 0 amide bonds. The summed E-state index contributed by atoms with van der Waals surface area (Å²) in [5.74, 6) is 0. The minimum Gasteiger partial charge on any atom is -0.480 e. The van der Waals surface area contributed by atoms with Crippen molar-refractivity contribution < 1.29 is 24.9 Å². The monoisotopic (exact) mass is 176 g/mol. The van der Waals surface area contributed by atoms with Crippen LogP contribution in [-0.2, 0) is 0 Å². The zero-order chi connectivity index (χ0) is 8.41. The fraction of sp³-hybridized carbons (Fsp3) is 1.00. The van der Waals surface area contributed by atoms with Crippen LogP contribution in [0.25, 0.3) is 0 Å². The van der Waals surface area contributed by atoms with Crippen LogP contribution in [0.5, 0.6) is 0 Å². The molecule has 7 heteroatoms. The maximum absolute atomic E-state index is 11.9. The maximum Gasteiger partial charge on any atom is 0.674 e. The SMILES string of the molecule is FC[C](F)([Mg][F])C(F)(F)F. The molecular formula is C3H2F6Mg. The second kappa shape index (κ2) is 3.16. The minimum atomic E-state index is -5.40. The predicted molar refractivity (Wildman–Crippen MR) is 22.7 cm³/mol. The second-order valence-electron chi connectivity index (χ2n) is 1.73. The largest absolute Gasteiger partial charge is 0.674 e. The number of alkyl halides is 5. The van der Waals surface area contributed by atoms with Crippen molar-refractivity contribution in [3.63, 3.8) is 0 Å². The fourth-order valence-electron chi connectivity index (χ4n) is 0.187. The van der Waals surface area contributed by atoms with Gasteiger partial charge >= 0.3 is 27.1 Å². The summed E-state index contributed by atoms with van der Waals surface area (Å²) < 4.78 is 64.2. The Morgan fingerprint density at radius 1 is 1.10 bits per heavy atom. The molecule has 0 spiro atoms. The van der Waals surface area contributed by atoms with Gasteiger partial charge in [0.05, 0.1) is 0 Å². The molecule has 0 saturated heterocycles. The number of hydrogen-bond donors (Lipinski definition) is 0. The van der Waals surface area contributed by atoms with E-state index in [0.29, 0.717) is 0 Å². The third-order valence-electron chi connectivity index (χ3n) is 0.932. The van der Waals surface area contributed by atoms with Gasteiger partial charge in [0.1, 0.15) is 6.67 Å². The zero-order valence-corrected chi connectivity index (χ0v) is 6.10. The van der Waals surface area contributed by atoms with Gasteiger partial charge in [-0.2, -0.15) is 13.2 Å². The van der Waals surface area contributed by atoms with Gasteiger partial charge in [-0.3, -0.25) is 4.39 Å². The van der Waals surface area contributed by atoms with Gasteiger partial charge < -0.3 is 2.96 Å². The quantitative estimate of drug-likeness (QED) is 0.444. The summed E-state index contributed by atoms with van der Waals surface area (Å²) in [6, 6.07) is 0. The molecule has 0 N–H and O–H groups in total. The lowest BCUT2D eigenvalue weighted by Crippen LogP contribution is -2.47. The fourth-order valence-corrected chi connectivity index (χ4v) is 0.410. The molecule has 0 aromatic carbocycles. The lowest BCUT2D eigenvalue weighted by Gasteiger charge is -2.20. The third-order valence-corrected chi connectivity index (χ3v) is 1.95. The van der Waals surface area contributed by atoms with E-state index in [0.717, 1.165) is 0 Å². The smallest absolute Gasteiger partial charge is 0.480 e. The van der Waals surface area contributed by atoms with E-state index >= 15 is 0 Å². The molecule has 0 aromatic heterocycles. The van der Waals surface area contributed by atoms with E-state index in [4.69, 9.17) is 0 Å². The van der Waals surface area contributed by atoms with Gasteiger partial charge in [-0.05, 0) is 0 Å². The van der Waals surface area contributed by atoms with Gasteiger partial charge in [0.25, 0.3) is 0 Å². The highest BCUT2D eigenvalue weighted by atomic mass is 24.6. The van der Waals surface area contributed by atoms with Crippen LogP contribution in [0.2, 0.25) is 0 Å². The van der Waals surface area contributed by atoms with Crippen molar-refractivity contribution in [1.29, 1.82) is 0 Å². The first-order chi connectivity index (χ1) is 4.37. The Bertz CT molecular complexity index is 104. The predicted octanol–water partition coefficient (Wildman–Crippen LogP) is 1.77. The Balaban J connectivity index is 4.33. The van der Waals surface area contributed by atoms with Crippen molar-refractivity contribution in [2.45, 2.75) is 9.97 Å². The van der Waals surface area contributed by atoms with E-state index in [1.165, 1.54) is 0 Å². The summed E-state index contributed by atoms with van der Waals surface area (Å²) in [4.78, 5) is 0. The summed E-state index contributed by atoms with van der Waals surface area (Å²) >= 11 is -3.54. The molecule has 0 heterocycles. The first-order valence-electron chi connectivity index (χ1n) is 2.25. The summed E-state index contributed by atoms with van der Waals surface area (Å²) in [6.45, 7) is -2.32. The molecule has 0 nitrogen and oxygen atoms in total. The summed E-state index contributed by atoms with van der Waals surface area (Å²) in [5.41, 5.74) is 0. The van der Waals surface area contributed by atoms with Crippen LogP contribution in [0.4, 0.5) is 24.9 Å². The average Bonchev–Trinajstić information content (AvgIpc) is 1.84. The molecule has 0 aliphatic rings. The maximum atomic E-state index is 11.9. The van der Waals surface area contributed by atoms with Crippen molar-refractivity contribution >= 4 is 20.9 Å².